The largest absolute Gasteiger partial charge is 0.456 e. The van der Waals surface area contributed by atoms with Crippen LogP contribution in [0.25, 0.3) is 0 Å². The maximum Gasteiger partial charge on any atom is 0.420 e. The van der Waals surface area contributed by atoms with Gasteiger partial charge >= 0.3 is 18.5 Å². The predicted octanol–water partition coefficient (Wildman–Crippen LogP) is 6.12. The minimum atomic E-state index is -5.24. The van der Waals surface area contributed by atoms with E-state index in [1.54, 1.807) is 0 Å². The van der Waals surface area contributed by atoms with Crippen molar-refractivity contribution < 1.29 is 44.3 Å². The number of ether oxygens (including phenoxy) is 1. The molecule has 2 nitrogen and oxygen atoms in total. The van der Waals surface area contributed by atoms with Crippen molar-refractivity contribution in [3.05, 3.63) is 53.1 Å². The lowest BCUT2D eigenvalue weighted by atomic mass is 10.1. The maximum absolute atomic E-state index is 13.1. The Morgan fingerprint density at radius 3 is 1.42 bits per heavy atom. The van der Waals surface area contributed by atoms with Crippen LogP contribution >= 0.6 is 0 Å². The molecule has 2 aromatic carbocycles. The average molecular weight is 389 g/mol. The minimum absolute atomic E-state index is 0.245. The second-order valence-corrected chi connectivity index (χ2v) is 5.06. The lowest BCUT2D eigenvalue weighted by Crippen LogP contribution is -2.15. The molecule has 2 N–H and O–H groups in total. The first-order valence-corrected chi connectivity index (χ1v) is 6.62. The van der Waals surface area contributed by atoms with E-state index in [0.717, 1.165) is 0 Å². The van der Waals surface area contributed by atoms with Gasteiger partial charge in [-0.3, -0.25) is 0 Å². The molecular weight excluding hydrogens is 381 g/mol. The van der Waals surface area contributed by atoms with Gasteiger partial charge < -0.3 is 10.5 Å². The topological polar surface area (TPSA) is 35.2 Å². The van der Waals surface area contributed by atoms with Crippen LogP contribution < -0.4 is 10.5 Å². The van der Waals surface area contributed by atoms with E-state index in [1.165, 1.54) is 0 Å². The number of hydrogen-bond acceptors (Lipinski definition) is 2. The summed E-state index contributed by atoms with van der Waals surface area (Å²) in [5.41, 5.74) is -0.446. The number of hydrogen-bond donors (Lipinski definition) is 1. The molecule has 0 fully saturated rings. The number of nitrogen functional groups attached to an aromatic ring is 1. The van der Waals surface area contributed by atoms with Gasteiger partial charge in [0.15, 0.2) is 5.75 Å². The molecule has 0 heterocycles. The van der Waals surface area contributed by atoms with E-state index in [2.05, 4.69) is 4.74 Å². The molecule has 0 atom stereocenters. The molecule has 0 bridgehead atoms. The number of rotatable bonds is 2. The third-order valence-electron chi connectivity index (χ3n) is 3.12. The van der Waals surface area contributed by atoms with Crippen molar-refractivity contribution in [3.63, 3.8) is 0 Å². The molecule has 0 spiro atoms. The second-order valence-electron chi connectivity index (χ2n) is 5.06. The molecule has 11 heteroatoms. The van der Waals surface area contributed by atoms with Crippen molar-refractivity contribution in [1.29, 1.82) is 0 Å². The fourth-order valence-electron chi connectivity index (χ4n) is 2.01. The van der Waals surface area contributed by atoms with Gasteiger partial charge in [-0.05, 0) is 36.4 Å². The van der Waals surface area contributed by atoms with Crippen molar-refractivity contribution in [2.45, 2.75) is 18.5 Å². The number of nitrogens with two attached hydrogens (primary N) is 1. The molecule has 0 aliphatic carbocycles. The van der Waals surface area contributed by atoms with Crippen molar-refractivity contribution in [3.8, 4) is 11.5 Å². The fraction of sp³-hybridized carbons (Fsp3) is 0.200. The molecule has 0 unspecified atom stereocenters. The highest BCUT2D eigenvalue weighted by Crippen LogP contribution is 2.47. The Balaban J connectivity index is 2.57. The highest BCUT2D eigenvalue weighted by molar-refractivity contribution is 5.56. The Kier molecular flexibility index (Phi) is 4.77. The van der Waals surface area contributed by atoms with Crippen molar-refractivity contribution >= 4 is 5.69 Å². The normalized spacial score (nSPS) is 13.0. The molecule has 0 amide bonds. The van der Waals surface area contributed by atoms with Gasteiger partial charge in [0.25, 0.3) is 0 Å². The van der Waals surface area contributed by atoms with E-state index in [0.29, 0.717) is 24.3 Å². The van der Waals surface area contributed by atoms with Crippen LogP contribution in [0, 0.1) is 0 Å². The maximum atomic E-state index is 13.1. The summed E-state index contributed by atoms with van der Waals surface area (Å²) in [5, 5.41) is 0. The summed E-state index contributed by atoms with van der Waals surface area (Å²) >= 11 is 0. The van der Waals surface area contributed by atoms with Crippen LogP contribution in [0.3, 0.4) is 0 Å². The van der Waals surface area contributed by atoms with E-state index in [4.69, 9.17) is 5.73 Å². The van der Waals surface area contributed by atoms with Crippen LogP contribution in [-0.4, -0.2) is 0 Å². The van der Waals surface area contributed by atoms with Crippen molar-refractivity contribution in [1.82, 2.24) is 0 Å². The van der Waals surface area contributed by atoms with E-state index in [1.807, 2.05) is 0 Å². The van der Waals surface area contributed by atoms with Crippen LogP contribution in [0.1, 0.15) is 16.7 Å². The van der Waals surface area contributed by atoms with Crippen LogP contribution in [0.15, 0.2) is 36.4 Å². The van der Waals surface area contributed by atoms with Crippen molar-refractivity contribution in [2.24, 2.45) is 0 Å². The zero-order valence-electron chi connectivity index (χ0n) is 12.4. The third-order valence-corrected chi connectivity index (χ3v) is 3.12. The first-order chi connectivity index (χ1) is 11.7. The quantitative estimate of drug-likeness (QED) is 0.496. The van der Waals surface area contributed by atoms with E-state index in [9.17, 15) is 39.5 Å². The monoisotopic (exact) mass is 389 g/mol. The highest BCUT2D eigenvalue weighted by atomic mass is 19.4. The highest BCUT2D eigenvalue weighted by Gasteiger charge is 2.43. The molecule has 26 heavy (non-hydrogen) atoms. The third kappa shape index (κ3) is 4.33. The molecule has 2 aromatic rings. The first kappa shape index (κ1) is 19.7. The van der Waals surface area contributed by atoms with Gasteiger partial charge in [-0.15, -0.1) is 0 Å². The molecule has 0 aliphatic rings. The SMILES string of the molecule is Nc1cc(C(F)(F)F)c(Oc2ccc(C(F)(F)F)cc2)c(C(F)(F)F)c1. The Labute approximate surface area is 140 Å². The predicted molar refractivity (Wildman–Crippen MR) is 72.4 cm³/mol. The molecule has 2 rings (SSSR count). The van der Waals surface area contributed by atoms with Gasteiger partial charge in [0.2, 0.25) is 0 Å². The summed E-state index contributed by atoms with van der Waals surface area (Å²) in [6.45, 7) is 0. The lowest BCUT2D eigenvalue weighted by molar-refractivity contribution is -0.145. The first-order valence-electron chi connectivity index (χ1n) is 6.62. The van der Waals surface area contributed by atoms with Crippen LogP contribution in [0.4, 0.5) is 45.2 Å². The zero-order valence-corrected chi connectivity index (χ0v) is 12.4. The molecule has 0 saturated heterocycles. The van der Waals surface area contributed by atoms with Gasteiger partial charge in [0.05, 0.1) is 5.56 Å². The molecule has 0 aromatic heterocycles. The summed E-state index contributed by atoms with van der Waals surface area (Å²) in [7, 11) is 0. The smallest absolute Gasteiger partial charge is 0.420 e. The van der Waals surface area contributed by atoms with E-state index in [-0.39, 0.29) is 12.1 Å². The van der Waals surface area contributed by atoms with Crippen molar-refractivity contribution in [2.75, 3.05) is 5.73 Å². The summed E-state index contributed by atoms with van der Waals surface area (Å²) in [6, 6.07) is 2.64. The van der Waals surface area contributed by atoms with Gasteiger partial charge in [-0.25, -0.2) is 0 Å². The van der Waals surface area contributed by atoms with Gasteiger partial charge in [0.1, 0.15) is 16.9 Å². The van der Waals surface area contributed by atoms with Gasteiger partial charge in [0, 0.05) is 5.69 Å². The number of anilines is 1. The minimum Gasteiger partial charge on any atom is -0.456 e. The zero-order chi connectivity index (χ0) is 19.9. The Morgan fingerprint density at radius 2 is 1.08 bits per heavy atom. The van der Waals surface area contributed by atoms with Crippen LogP contribution in [0.5, 0.6) is 11.5 Å². The van der Waals surface area contributed by atoms with E-state index >= 15 is 0 Å². The standard InChI is InChI=1S/C15H8F9NO/c16-13(17,18)7-1-3-9(4-2-7)26-12-10(14(19,20)21)5-8(25)6-11(12)15(22,23)24/h1-6H,25H2. The summed E-state index contributed by atoms with van der Waals surface area (Å²) < 4.78 is 120. The molecule has 142 valence electrons. The summed E-state index contributed by atoms with van der Waals surface area (Å²) in [4.78, 5) is 0. The summed E-state index contributed by atoms with van der Waals surface area (Å²) in [6.07, 6.45) is -15.2. The fourth-order valence-corrected chi connectivity index (χ4v) is 2.01. The second kappa shape index (κ2) is 6.29. The van der Waals surface area contributed by atoms with E-state index < -0.39 is 52.4 Å². The molecular formula is C15H8F9NO. The Bertz CT molecular complexity index is 754. The Hall–Kier alpha value is -2.59. The number of alkyl halides is 9. The van der Waals surface area contributed by atoms with Crippen LogP contribution in [0.2, 0.25) is 0 Å². The molecule has 0 radical (unpaired) electrons. The van der Waals surface area contributed by atoms with Gasteiger partial charge in [-0.1, -0.05) is 0 Å². The average Bonchev–Trinajstić information content (AvgIpc) is 2.46. The lowest BCUT2D eigenvalue weighted by Gasteiger charge is -2.20. The Morgan fingerprint density at radius 1 is 0.654 bits per heavy atom. The molecule has 0 aliphatic heterocycles. The van der Waals surface area contributed by atoms with Crippen LogP contribution in [-0.2, 0) is 18.5 Å². The number of benzene rings is 2. The summed E-state index contributed by atoms with van der Waals surface area (Å²) in [5.74, 6) is -2.24. The molecule has 0 saturated carbocycles. The van der Waals surface area contributed by atoms with Gasteiger partial charge in [-0.2, -0.15) is 39.5 Å². The number of halogens is 9.